The van der Waals surface area contributed by atoms with Crippen LogP contribution in [0.25, 0.3) is 0 Å². The summed E-state index contributed by atoms with van der Waals surface area (Å²) in [5.41, 5.74) is 6.63. The summed E-state index contributed by atoms with van der Waals surface area (Å²) in [5.74, 6) is 0. The first-order chi connectivity index (χ1) is 6.68. The molecule has 14 heavy (non-hydrogen) atoms. The minimum atomic E-state index is 0.309. The Morgan fingerprint density at radius 1 is 1.21 bits per heavy atom. The summed E-state index contributed by atoms with van der Waals surface area (Å²) in [4.78, 5) is 0. The van der Waals surface area contributed by atoms with Gasteiger partial charge in [-0.1, -0.05) is 0 Å². The normalized spacial score (nSPS) is 28.7. The molecular formula is C11H22N2O. The van der Waals surface area contributed by atoms with Crippen LogP contribution >= 0.6 is 0 Å². The zero-order valence-electron chi connectivity index (χ0n) is 9.14. The Morgan fingerprint density at radius 3 is 2.36 bits per heavy atom. The van der Waals surface area contributed by atoms with Gasteiger partial charge in [-0.2, -0.15) is 0 Å². The maximum absolute atomic E-state index is 5.89. The molecule has 0 unspecified atom stereocenters. The zero-order valence-corrected chi connectivity index (χ0v) is 9.14. The third-order valence-electron chi connectivity index (χ3n) is 3.88. The molecule has 0 aromatic carbocycles. The number of hydrogen-bond acceptors (Lipinski definition) is 3. The molecule has 0 atom stereocenters. The van der Waals surface area contributed by atoms with E-state index >= 15 is 0 Å². The summed E-state index contributed by atoms with van der Waals surface area (Å²) in [5, 5.41) is 3.66. The van der Waals surface area contributed by atoms with E-state index in [1.807, 2.05) is 0 Å². The van der Waals surface area contributed by atoms with Gasteiger partial charge in [0.25, 0.3) is 0 Å². The maximum atomic E-state index is 5.89. The highest BCUT2D eigenvalue weighted by molar-refractivity contribution is 4.99. The van der Waals surface area contributed by atoms with Crippen LogP contribution < -0.4 is 11.1 Å². The van der Waals surface area contributed by atoms with Crippen LogP contribution in [-0.2, 0) is 4.74 Å². The maximum Gasteiger partial charge on any atom is 0.0472 e. The second kappa shape index (κ2) is 3.80. The van der Waals surface area contributed by atoms with E-state index in [4.69, 9.17) is 10.5 Å². The van der Waals surface area contributed by atoms with Gasteiger partial charge in [-0.05, 0) is 44.6 Å². The predicted molar refractivity (Wildman–Crippen MR) is 57.2 cm³/mol. The third kappa shape index (κ3) is 2.27. The lowest BCUT2D eigenvalue weighted by Gasteiger charge is -2.37. The lowest BCUT2D eigenvalue weighted by molar-refractivity contribution is 0.0177. The van der Waals surface area contributed by atoms with Crippen molar-refractivity contribution < 1.29 is 4.74 Å². The molecule has 3 heteroatoms. The summed E-state index contributed by atoms with van der Waals surface area (Å²) >= 11 is 0. The van der Waals surface area contributed by atoms with Crippen LogP contribution in [0.4, 0.5) is 0 Å². The summed E-state index contributed by atoms with van der Waals surface area (Å²) in [6.07, 6.45) is 4.88. The van der Waals surface area contributed by atoms with Gasteiger partial charge in [0.1, 0.15) is 0 Å². The van der Waals surface area contributed by atoms with Crippen molar-refractivity contribution in [3.05, 3.63) is 0 Å². The Morgan fingerprint density at radius 2 is 1.86 bits per heavy atom. The molecule has 2 rings (SSSR count). The second-order valence-electron chi connectivity index (χ2n) is 5.23. The van der Waals surface area contributed by atoms with E-state index in [-0.39, 0.29) is 0 Å². The molecule has 0 aromatic rings. The molecule has 1 saturated carbocycles. The van der Waals surface area contributed by atoms with Crippen LogP contribution in [-0.4, -0.2) is 31.8 Å². The highest BCUT2D eigenvalue weighted by Gasteiger charge is 2.40. The molecule has 1 aliphatic carbocycles. The van der Waals surface area contributed by atoms with Crippen LogP contribution in [0.1, 0.15) is 32.6 Å². The Kier molecular flexibility index (Phi) is 2.82. The van der Waals surface area contributed by atoms with Gasteiger partial charge < -0.3 is 15.8 Å². The van der Waals surface area contributed by atoms with Crippen molar-refractivity contribution in [2.45, 2.75) is 38.1 Å². The molecule has 1 aliphatic heterocycles. The van der Waals surface area contributed by atoms with Gasteiger partial charge in [-0.3, -0.25) is 0 Å². The van der Waals surface area contributed by atoms with Crippen LogP contribution in [0.15, 0.2) is 0 Å². The molecule has 0 radical (unpaired) electrons. The predicted octanol–water partition coefficient (Wildman–Crippen LogP) is 0.884. The standard InChI is InChI=1S/C11H22N2O/c1-10(2-3-10)13-9-11(8-12)4-6-14-7-5-11/h13H,2-9,12H2,1H3. The van der Waals surface area contributed by atoms with Crippen molar-refractivity contribution in [2.75, 3.05) is 26.3 Å². The van der Waals surface area contributed by atoms with Crippen molar-refractivity contribution in [2.24, 2.45) is 11.1 Å². The van der Waals surface area contributed by atoms with Crippen LogP contribution in [0, 0.1) is 5.41 Å². The van der Waals surface area contributed by atoms with Gasteiger partial charge >= 0.3 is 0 Å². The fraction of sp³-hybridized carbons (Fsp3) is 1.00. The molecule has 3 nitrogen and oxygen atoms in total. The molecule has 0 bridgehead atoms. The van der Waals surface area contributed by atoms with E-state index in [1.54, 1.807) is 0 Å². The van der Waals surface area contributed by atoms with Crippen molar-refractivity contribution in [1.29, 1.82) is 0 Å². The van der Waals surface area contributed by atoms with Crippen LogP contribution in [0.3, 0.4) is 0 Å². The molecule has 2 aliphatic rings. The van der Waals surface area contributed by atoms with Crippen LogP contribution in [0.2, 0.25) is 0 Å². The van der Waals surface area contributed by atoms with E-state index in [1.165, 1.54) is 12.8 Å². The molecule has 0 aromatic heterocycles. The largest absolute Gasteiger partial charge is 0.381 e. The van der Waals surface area contributed by atoms with Gasteiger partial charge in [-0.15, -0.1) is 0 Å². The molecule has 82 valence electrons. The van der Waals surface area contributed by atoms with E-state index < -0.39 is 0 Å². The quantitative estimate of drug-likeness (QED) is 0.705. The van der Waals surface area contributed by atoms with Crippen molar-refractivity contribution in [3.63, 3.8) is 0 Å². The van der Waals surface area contributed by atoms with Gasteiger partial charge in [0.15, 0.2) is 0 Å². The Balaban J connectivity index is 1.84. The topological polar surface area (TPSA) is 47.3 Å². The van der Waals surface area contributed by atoms with Crippen LogP contribution in [0.5, 0.6) is 0 Å². The average molecular weight is 198 g/mol. The van der Waals surface area contributed by atoms with Gasteiger partial charge in [0.05, 0.1) is 0 Å². The fourth-order valence-electron chi connectivity index (χ4n) is 2.02. The number of nitrogens with two attached hydrogens (primary N) is 1. The molecule has 2 fully saturated rings. The average Bonchev–Trinajstić information content (AvgIpc) is 2.96. The molecule has 0 amide bonds. The Bertz CT molecular complexity index is 195. The molecule has 1 saturated heterocycles. The second-order valence-corrected chi connectivity index (χ2v) is 5.23. The lowest BCUT2D eigenvalue weighted by Crippen LogP contribution is -2.47. The number of hydrogen-bond donors (Lipinski definition) is 2. The van der Waals surface area contributed by atoms with Gasteiger partial charge in [-0.25, -0.2) is 0 Å². The first-order valence-corrected chi connectivity index (χ1v) is 5.71. The Hall–Kier alpha value is -0.120. The van der Waals surface area contributed by atoms with E-state index in [0.717, 1.165) is 39.1 Å². The monoisotopic (exact) mass is 198 g/mol. The first-order valence-electron chi connectivity index (χ1n) is 5.71. The fourth-order valence-corrected chi connectivity index (χ4v) is 2.02. The number of rotatable bonds is 4. The summed E-state index contributed by atoms with van der Waals surface area (Å²) < 4.78 is 5.39. The smallest absolute Gasteiger partial charge is 0.0472 e. The first kappa shape index (κ1) is 10.4. The third-order valence-corrected chi connectivity index (χ3v) is 3.88. The minimum Gasteiger partial charge on any atom is -0.381 e. The number of ether oxygens (including phenoxy) is 1. The molecule has 3 N–H and O–H groups in total. The van der Waals surface area contributed by atoms with Crippen molar-refractivity contribution in [3.8, 4) is 0 Å². The highest BCUT2D eigenvalue weighted by Crippen LogP contribution is 2.36. The van der Waals surface area contributed by atoms with Crippen molar-refractivity contribution in [1.82, 2.24) is 5.32 Å². The molecule has 0 spiro atoms. The molecule has 1 heterocycles. The van der Waals surface area contributed by atoms with E-state index in [2.05, 4.69) is 12.2 Å². The lowest BCUT2D eigenvalue weighted by atomic mass is 9.80. The van der Waals surface area contributed by atoms with Gasteiger partial charge in [0.2, 0.25) is 0 Å². The zero-order chi connectivity index (χ0) is 10.1. The minimum absolute atomic E-state index is 0.309. The van der Waals surface area contributed by atoms with Crippen molar-refractivity contribution >= 4 is 0 Å². The highest BCUT2D eigenvalue weighted by atomic mass is 16.5. The molecular weight excluding hydrogens is 176 g/mol. The summed E-state index contributed by atoms with van der Waals surface area (Å²) in [7, 11) is 0. The number of nitrogens with one attached hydrogen (secondary N) is 1. The summed E-state index contributed by atoms with van der Waals surface area (Å²) in [6.45, 7) is 5.94. The van der Waals surface area contributed by atoms with Gasteiger partial charge in [0, 0.05) is 25.3 Å². The van der Waals surface area contributed by atoms with E-state index in [0.29, 0.717) is 11.0 Å². The Labute approximate surface area is 86.4 Å². The SMILES string of the molecule is CC1(NCC2(CN)CCOCC2)CC1. The van der Waals surface area contributed by atoms with E-state index in [9.17, 15) is 0 Å². The summed E-state index contributed by atoms with van der Waals surface area (Å²) in [6, 6.07) is 0.